The van der Waals surface area contributed by atoms with Crippen LogP contribution >= 0.6 is 0 Å². The quantitative estimate of drug-likeness (QED) is 0.155. The molecule has 1 aromatic heterocycles. The van der Waals surface area contributed by atoms with Gasteiger partial charge in [-0.05, 0) is 47.7 Å². The first-order valence-electron chi connectivity index (χ1n) is 14.0. The van der Waals surface area contributed by atoms with E-state index in [0.29, 0.717) is 46.0 Å². The number of pyridine rings is 1. The molecule has 0 fully saturated rings. The number of Topliss-reactive ketones (excluding diaryl/α,β-unsaturated/α-hetero) is 1. The van der Waals surface area contributed by atoms with Gasteiger partial charge >= 0.3 is 5.97 Å². The van der Waals surface area contributed by atoms with Crippen molar-refractivity contribution >= 4 is 28.7 Å². The van der Waals surface area contributed by atoms with Gasteiger partial charge in [0.1, 0.15) is 17.2 Å². The summed E-state index contributed by atoms with van der Waals surface area (Å²) in [7, 11) is 4.56. The molecule has 0 unspecified atom stereocenters. The summed E-state index contributed by atoms with van der Waals surface area (Å²) in [5.74, 6) is 0.701. The van der Waals surface area contributed by atoms with E-state index in [0.717, 1.165) is 10.9 Å². The number of aromatic nitrogens is 1. The van der Waals surface area contributed by atoms with Crippen molar-refractivity contribution < 1.29 is 33.3 Å². The highest BCUT2D eigenvalue weighted by Gasteiger charge is 2.40. The lowest BCUT2D eigenvalue weighted by molar-refractivity contribution is -0.135. The van der Waals surface area contributed by atoms with Gasteiger partial charge in [0.15, 0.2) is 17.3 Å². The fraction of sp³-hybridized carbons (Fsp3) is 0.265. The van der Waals surface area contributed by atoms with Crippen molar-refractivity contribution in [1.82, 2.24) is 4.57 Å². The van der Waals surface area contributed by atoms with Crippen LogP contribution in [0.1, 0.15) is 53.2 Å². The van der Waals surface area contributed by atoms with Crippen LogP contribution in [0.4, 0.5) is 0 Å². The van der Waals surface area contributed by atoms with Crippen molar-refractivity contribution in [2.75, 3.05) is 21.3 Å². The summed E-state index contributed by atoms with van der Waals surface area (Å²) >= 11 is 0. The highest BCUT2D eigenvalue weighted by atomic mass is 16.5. The molecule has 3 aromatic carbocycles. The third-order valence-electron chi connectivity index (χ3n) is 7.76. The van der Waals surface area contributed by atoms with E-state index >= 15 is 0 Å². The Balaban J connectivity index is 1.50. The number of methoxy groups -OCH3 is 3. The van der Waals surface area contributed by atoms with Crippen molar-refractivity contribution in [3.8, 4) is 28.7 Å². The summed E-state index contributed by atoms with van der Waals surface area (Å²) in [5, 5.41) is 0.879. The highest BCUT2D eigenvalue weighted by molar-refractivity contribution is 6.15. The molecular formula is C34H31NO8. The number of nitrogens with zero attached hydrogens (tertiary/aromatic N) is 1. The Morgan fingerprint density at radius 2 is 1.63 bits per heavy atom. The molecule has 0 saturated carbocycles. The summed E-state index contributed by atoms with van der Waals surface area (Å²) < 4.78 is 30.0. The fourth-order valence-corrected chi connectivity index (χ4v) is 5.82. The summed E-state index contributed by atoms with van der Waals surface area (Å²) in [4.78, 5) is 40.5. The zero-order chi connectivity index (χ0) is 30.4. The van der Waals surface area contributed by atoms with E-state index in [1.807, 2.05) is 30.3 Å². The molecule has 3 heterocycles. The smallest absolute Gasteiger partial charge is 0.312 e. The Morgan fingerprint density at radius 3 is 2.35 bits per heavy atom. The van der Waals surface area contributed by atoms with Crippen LogP contribution in [0.5, 0.6) is 28.7 Å². The number of allylic oxidation sites excluding steroid dienone is 1. The van der Waals surface area contributed by atoms with Crippen molar-refractivity contribution in [3.63, 3.8) is 0 Å². The first kappa shape index (κ1) is 28.1. The standard InChI is InChI=1S/C34H31NO8/c1-18(2)17-35-24-9-7-6-8-19(24)12-23(34(35)38)22-15-30(36)42-25-11-10-21-32(37)29(43-33(21)31(22)25)14-20-13-27(40-4)28(41-5)16-26(20)39-3/h6-14,16,18,22H,15,17H2,1-5H3/b29-14-/t22-/m0/s1. The average Bonchev–Trinajstić information content (AvgIpc) is 3.32. The number of para-hydroxylation sites is 1. The number of hydrogen-bond donors (Lipinski definition) is 0. The molecule has 0 bridgehead atoms. The lowest BCUT2D eigenvalue weighted by Crippen LogP contribution is -2.31. The van der Waals surface area contributed by atoms with Crippen molar-refractivity contribution in [1.29, 1.82) is 0 Å². The van der Waals surface area contributed by atoms with Crippen LogP contribution in [0, 0.1) is 5.92 Å². The zero-order valence-corrected chi connectivity index (χ0v) is 24.6. The Bertz CT molecular complexity index is 1880. The molecule has 220 valence electrons. The lowest BCUT2D eigenvalue weighted by Gasteiger charge is -2.27. The number of carbonyl (C=O) groups is 2. The molecule has 9 nitrogen and oxygen atoms in total. The summed E-state index contributed by atoms with van der Waals surface area (Å²) in [6, 6.07) is 16.0. The van der Waals surface area contributed by atoms with Crippen LogP contribution in [0.3, 0.4) is 0 Å². The molecule has 2 aliphatic heterocycles. The molecular weight excluding hydrogens is 550 g/mol. The molecule has 6 rings (SSSR count). The molecule has 1 atom stereocenters. The molecule has 9 heteroatoms. The fourth-order valence-electron chi connectivity index (χ4n) is 5.82. The Labute approximate surface area is 248 Å². The number of ether oxygens (including phenoxy) is 5. The van der Waals surface area contributed by atoms with Crippen LogP contribution in [0.25, 0.3) is 17.0 Å². The average molecular weight is 582 g/mol. The second-order valence-corrected chi connectivity index (χ2v) is 10.9. The molecule has 2 aliphatic rings. The number of fused-ring (bicyclic) bond motifs is 4. The molecule has 43 heavy (non-hydrogen) atoms. The Kier molecular flexibility index (Phi) is 7.17. The molecule has 0 radical (unpaired) electrons. The van der Waals surface area contributed by atoms with E-state index in [-0.39, 0.29) is 40.9 Å². The minimum Gasteiger partial charge on any atom is -0.496 e. The van der Waals surface area contributed by atoms with Gasteiger partial charge in [0.25, 0.3) is 5.56 Å². The maximum atomic E-state index is 14.0. The van der Waals surface area contributed by atoms with Gasteiger partial charge in [0.05, 0.1) is 38.8 Å². The number of carbonyl (C=O) groups excluding carboxylic acids is 2. The number of ketones is 1. The monoisotopic (exact) mass is 581 g/mol. The Hall–Kier alpha value is -5.05. The van der Waals surface area contributed by atoms with Crippen LogP contribution < -0.4 is 29.2 Å². The van der Waals surface area contributed by atoms with Crippen molar-refractivity contribution in [2.45, 2.75) is 32.7 Å². The maximum absolute atomic E-state index is 14.0. The molecule has 0 amide bonds. The highest BCUT2D eigenvalue weighted by Crippen LogP contribution is 2.49. The summed E-state index contributed by atoms with van der Waals surface area (Å²) in [6.45, 7) is 4.61. The topological polar surface area (TPSA) is 102 Å². The first-order valence-corrected chi connectivity index (χ1v) is 14.0. The second kappa shape index (κ2) is 11.0. The van der Waals surface area contributed by atoms with Crippen LogP contribution in [-0.4, -0.2) is 37.6 Å². The first-order chi connectivity index (χ1) is 20.7. The normalized spacial score (nSPS) is 16.6. The van der Waals surface area contributed by atoms with Crippen LogP contribution in [0.2, 0.25) is 0 Å². The Morgan fingerprint density at radius 1 is 0.907 bits per heavy atom. The van der Waals surface area contributed by atoms with E-state index in [1.54, 1.807) is 34.9 Å². The zero-order valence-electron chi connectivity index (χ0n) is 24.6. The predicted molar refractivity (Wildman–Crippen MR) is 161 cm³/mol. The number of esters is 1. The van der Waals surface area contributed by atoms with Gasteiger partial charge in [-0.25, -0.2) is 0 Å². The third kappa shape index (κ3) is 4.80. The van der Waals surface area contributed by atoms with Crippen LogP contribution in [-0.2, 0) is 11.3 Å². The minimum atomic E-state index is -0.676. The molecule has 0 N–H and O–H groups in total. The molecule has 0 spiro atoms. The van der Waals surface area contributed by atoms with Gasteiger partial charge in [0.2, 0.25) is 5.78 Å². The van der Waals surface area contributed by atoms with E-state index in [4.69, 9.17) is 23.7 Å². The predicted octanol–water partition coefficient (Wildman–Crippen LogP) is 5.74. The summed E-state index contributed by atoms with van der Waals surface area (Å²) in [5.41, 5.74) is 2.43. The van der Waals surface area contributed by atoms with Crippen molar-refractivity contribution in [3.05, 3.63) is 93.0 Å². The minimum absolute atomic E-state index is 0.0558. The summed E-state index contributed by atoms with van der Waals surface area (Å²) in [6.07, 6.45) is 1.50. The molecule has 4 aromatic rings. The van der Waals surface area contributed by atoms with E-state index in [9.17, 15) is 14.4 Å². The van der Waals surface area contributed by atoms with Crippen LogP contribution in [0.15, 0.2) is 65.2 Å². The van der Waals surface area contributed by atoms with Gasteiger partial charge in [-0.1, -0.05) is 32.0 Å². The number of rotatable bonds is 7. The van der Waals surface area contributed by atoms with Crippen molar-refractivity contribution in [2.24, 2.45) is 5.92 Å². The number of benzene rings is 3. The van der Waals surface area contributed by atoms with E-state index in [2.05, 4.69) is 13.8 Å². The van der Waals surface area contributed by atoms with Gasteiger partial charge in [-0.3, -0.25) is 14.4 Å². The third-order valence-corrected chi connectivity index (χ3v) is 7.76. The second-order valence-electron chi connectivity index (χ2n) is 10.9. The van der Waals surface area contributed by atoms with Gasteiger partial charge < -0.3 is 28.3 Å². The van der Waals surface area contributed by atoms with Gasteiger partial charge in [-0.15, -0.1) is 0 Å². The lowest BCUT2D eigenvalue weighted by atomic mass is 9.84. The molecule has 0 saturated heterocycles. The molecule has 0 aliphatic carbocycles. The van der Waals surface area contributed by atoms with E-state index in [1.165, 1.54) is 21.3 Å². The van der Waals surface area contributed by atoms with Gasteiger partial charge in [0, 0.05) is 35.2 Å². The maximum Gasteiger partial charge on any atom is 0.312 e. The number of hydrogen-bond acceptors (Lipinski definition) is 8. The van der Waals surface area contributed by atoms with Gasteiger partial charge in [-0.2, -0.15) is 0 Å². The SMILES string of the molecule is COc1cc(OC)c(OC)cc1/C=C1\Oc2c(ccc3c2[C@H](c2cc4ccccc4n(CC(C)C)c2=O)CC(=O)O3)C1=O. The largest absolute Gasteiger partial charge is 0.496 e. The van der Waals surface area contributed by atoms with E-state index < -0.39 is 11.9 Å².